The summed E-state index contributed by atoms with van der Waals surface area (Å²) in [4.78, 5) is 20.8. The van der Waals surface area contributed by atoms with Crippen molar-refractivity contribution in [3.8, 4) is 78.1 Å². The summed E-state index contributed by atoms with van der Waals surface area (Å²) >= 11 is 1.87. The van der Waals surface area contributed by atoms with Crippen LogP contribution in [0.25, 0.3) is 186 Å². The van der Waals surface area contributed by atoms with Gasteiger partial charge in [-0.15, -0.1) is 11.3 Å². The Balaban J connectivity index is 0.000000136. The van der Waals surface area contributed by atoms with Crippen molar-refractivity contribution >= 4 is 119 Å². The first-order valence-corrected chi connectivity index (χ1v) is 31.9. The monoisotopic (exact) mass is 1190 g/mol. The van der Waals surface area contributed by atoms with Crippen molar-refractivity contribution < 1.29 is 4.42 Å². The van der Waals surface area contributed by atoms with Crippen LogP contribution in [0.4, 0.5) is 0 Å². The van der Waals surface area contributed by atoms with Crippen LogP contribution < -0.4 is 0 Å². The van der Waals surface area contributed by atoms with E-state index in [0.29, 0.717) is 5.71 Å². The van der Waals surface area contributed by atoms with Gasteiger partial charge in [-0.25, -0.2) is 19.9 Å². The molecule has 0 spiro atoms. The summed E-state index contributed by atoms with van der Waals surface area (Å²) < 4.78 is 8.86. The Bertz CT molecular complexity index is 5970. The standard InChI is InChI=1S/C44H28N2.C42H24N2OS/c1-3-13-31(14-4-1)39-27-41(35-21-19-29-11-7-9-17-33(29)25-35)45-43-37(39)23-24-38-40(32-15-5-2-6-16-32)28-42(46-44(38)43)36-22-20-30-12-8-10-18-34(30)26-36;1-2-13-31-25(8-1)19-21-37-39(31)40-42(45-37)44-36-24-29(18-20-35(36)43-40)27-10-5-9-26(22-27)28-11-6-12-30(23-28)32-15-7-16-34-33-14-3-4-17-38(33)46-41(32)34/h1-28H;1-24H. The lowest BCUT2D eigenvalue weighted by Crippen LogP contribution is -1.95. The number of rotatable bonds is 7. The van der Waals surface area contributed by atoms with Crippen LogP contribution >= 0.6 is 11.3 Å². The van der Waals surface area contributed by atoms with E-state index in [4.69, 9.17) is 24.4 Å². The summed E-state index contributed by atoms with van der Waals surface area (Å²) in [6, 6.07) is 112. The second-order valence-corrected chi connectivity index (χ2v) is 24.7. The molecule has 19 rings (SSSR count). The highest BCUT2D eigenvalue weighted by molar-refractivity contribution is 7.26. The normalized spacial score (nSPS) is 11.7. The van der Waals surface area contributed by atoms with E-state index in [1.54, 1.807) is 0 Å². The molecule has 19 aromatic rings. The Morgan fingerprint density at radius 1 is 0.250 bits per heavy atom. The second-order valence-electron chi connectivity index (χ2n) is 23.6. The highest BCUT2D eigenvalue weighted by Crippen LogP contribution is 2.44. The molecule has 0 bridgehead atoms. The van der Waals surface area contributed by atoms with Crippen LogP contribution in [0.3, 0.4) is 0 Å². The zero-order valence-corrected chi connectivity index (χ0v) is 50.4. The van der Waals surface area contributed by atoms with E-state index in [2.05, 4.69) is 309 Å². The first kappa shape index (κ1) is 53.1. The van der Waals surface area contributed by atoms with E-state index in [9.17, 15) is 0 Å². The number of hydrogen-bond acceptors (Lipinski definition) is 6. The molecule has 92 heavy (non-hydrogen) atoms. The Labute approximate surface area is 533 Å². The lowest BCUT2D eigenvalue weighted by molar-refractivity contribution is 0.655. The van der Waals surface area contributed by atoms with Crippen molar-refractivity contribution in [1.82, 2.24) is 19.9 Å². The number of thiophene rings is 1. The molecule has 0 saturated carbocycles. The van der Waals surface area contributed by atoms with E-state index in [1.807, 2.05) is 17.4 Å². The minimum Gasteiger partial charge on any atom is -0.436 e. The van der Waals surface area contributed by atoms with Gasteiger partial charge in [0, 0.05) is 42.1 Å². The quantitative estimate of drug-likeness (QED) is 0.149. The van der Waals surface area contributed by atoms with Crippen LogP contribution in [-0.4, -0.2) is 19.9 Å². The average molecular weight is 1190 g/mol. The summed E-state index contributed by atoms with van der Waals surface area (Å²) in [5, 5.41) is 13.0. The third-order valence-corrected chi connectivity index (χ3v) is 19.3. The third kappa shape index (κ3) is 9.31. The van der Waals surface area contributed by atoms with Crippen molar-refractivity contribution in [2.24, 2.45) is 0 Å². The third-order valence-electron chi connectivity index (χ3n) is 18.1. The van der Waals surface area contributed by atoms with Crippen LogP contribution in [0.1, 0.15) is 0 Å². The average Bonchev–Trinajstić information content (AvgIpc) is 1.10. The molecule has 0 atom stereocenters. The number of hydrogen-bond donors (Lipinski definition) is 0. The fourth-order valence-electron chi connectivity index (χ4n) is 13.5. The van der Waals surface area contributed by atoms with Gasteiger partial charge in [-0.3, -0.25) is 0 Å². The summed E-state index contributed by atoms with van der Waals surface area (Å²) in [6.45, 7) is 0. The van der Waals surface area contributed by atoms with Crippen LogP contribution in [0.2, 0.25) is 0 Å². The van der Waals surface area contributed by atoms with Gasteiger partial charge >= 0.3 is 0 Å². The topological polar surface area (TPSA) is 64.7 Å². The molecule has 0 saturated heterocycles. The maximum atomic E-state index is 6.21. The minimum atomic E-state index is 0.565. The van der Waals surface area contributed by atoms with Crippen LogP contribution in [-0.2, 0) is 0 Å². The first-order valence-electron chi connectivity index (χ1n) is 31.1. The number of aromatic nitrogens is 4. The van der Waals surface area contributed by atoms with Crippen molar-refractivity contribution in [3.63, 3.8) is 0 Å². The Morgan fingerprint density at radius 3 is 1.38 bits per heavy atom. The molecule has 0 N–H and O–H groups in total. The lowest BCUT2D eigenvalue weighted by Gasteiger charge is -2.16. The highest BCUT2D eigenvalue weighted by Gasteiger charge is 2.20. The van der Waals surface area contributed by atoms with Gasteiger partial charge in [0.15, 0.2) is 0 Å². The van der Waals surface area contributed by atoms with E-state index in [-0.39, 0.29) is 0 Å². The Kier molecular flexibility index (Phi) is 12.7. The fourth-order valence-corrected chi connectivity index (χ4v) is 14.8. The Morgan fingerprint density at radius 2 is 0.739 bits per heavy atom. The van der Waals surface area contributed by atoms with Crippen molar-refractivity contribution in [3.05, 3.63) is 315 Å². The van der Waals surface area contributed by atoms with Crippen molar-refractivity contribution in [2.45, 2.75) is 0 Å². The van der Waals surface area contributed by atoms with Gasteiger partial charge < -0.3 is 4.42 Å². The maximum absolute atomic E-state index is 6.21. The molecule has 5 heterocycles. The molecule has 428 valence electrons. The van der Waals surface area contributed by atoms with E-state index < -0.39 is 0 Å². The molecular weight excluding hydrogens is 1140 g/mol. The van der Waals surface area contributed by atoms with Gasteiger partial charge in [-0.1, -0.05) is 255 Å². The molecule has 14 aromatic carbocycles. The molecule has 5 nitrogen and oxygen atoms in total. The molecule has 0 aliphatic heterocycles. The number of furan rings is 1. The molecule has 0 fully saturated rings. The van der Waals surface area contributed by atoms with Gasteiger partial charge in [0.05, 0.1) is 38.8 Å². The predicted molar refractivity (Wildman–Crippen MR) is 387 cm³/mol. The molecular formula is C86H52N4OS. The fraction of sp³-hybridized carbons (Fsp3) is 0. The van der Waals surface area contributed by atoms with Gasteiger partial charge in [-0.05, 0) is 149 Å². The summed E-state index contributed by atoms with van der Waals surface area (Å²) in [5.74, 6) is 0. The number of pyridine rings is 2. The summed E-state index contributed by atoms with van der Waals surface area (Å²) in [6.07, 6.45) is 0. The van der Waals surface area contributed by atoms with Crippen LogP contribution in [0.5, 0.6) is 0 Å². The largest absolute Gasteiger partial charge is 0.436 e. The van der Waals surface area contributed by atoms with Gasteiger partial charge in [-0.2, -0.15) is 0 Å². The van der Waals surface area contributed by atoms with Gasteiger partial charge in [0.1, 0.15) is 11.1 Å². The highest BCUT2D eigenvalue weighted by atomic mass is 32.1. The van der Waals surface area contributed by atoms with Crippen molar-refractivity contribution in [2.75, 3.05) is 0 Å². The van der Waals surface area contributed by atoms with Crippen molar-refractivity contribution in [1.29, 1.82) is 0 Å². The molecule has 0 aliphatic rings. The zero-order valence-electron chi connectivity index (χ0n) is 49.6. The van der Waals surface area contributed by atoms with Crippen LogP contribution in [0, 0.1) is 0 Å². The first-order chi connectivity index (χ1) is 45.5. The second kappa shape index (κ2) is 22.0. The number of fused-ring (bicyclic) bond motifs is 14. The zero-order chi connectivity index (χ0) is 60.6. The lowest BCUT2D eigenvalue weighted by atomic mass is 9.93. The maximum Gasteiger partial charge on any atom is 0.246 e. The number of nitrogens with zero attached hydrogens (tertiary/aromatic N) is 4. The molecule has 0 radical (unpaired) electrons. The predicted octanol–water partition coefficient (Wildman–Crippen LogP) is 23.8. The Hall–Kier alpha value is -12.0. The smallest absolute Gasteiger partial charge is 0.246 e. The van der Waals surface area contributed by atoms with Crippen LogP contribution in [0.15, 0.2) is 320 Å². The van der Waals surface area contributed by atoms with Gasteiger partial charge in [0.2, 0.25) is 5.71 Å². The number of benzene rings is 14. The molecule has 6 heteroatoms. The molecule has 0 aliphatic carbocycles. The SMILES string of the molecule is c1cc(-c2cccc(-c3cccc4c3sc3ccccc34)c2)cc(-c2ccc3nc4c(nc3c2)oc2ccc3ccccc3c24)c1.c1ccc(-c2cc(-c3ccc4ccccc4c3)nc3c2ccc2c(-c4ccccc4)cc(-c4ccc5ccccc5c4)nc23)cc1. The molecule has 0 unspecified atom stereocenters. The molecule has 5 aromatic heterocycles. The molecule has 0 amide bonds. The van der Waals surface area contributed by atoms with E-state index in [0.717, 1.165) is 116 Å². The minimum absolute atomic E-state index is 0.565. The summed E-state index contributed by atoms with van der Waals surface area (Å²) in [7, 11) is 0. The summed E-state index contributed by atoms with van der Waals surface area (Å²) in [5.41, 5.74) is 21.4. The van der Waals surface area contributed by atoms with Gasteiger partial charge in [0.25, 0.3) is 0 Å². The van der Waals surface area contributed by atoms with E-state index in [1.165, 1.54) is 64.0 Å². The van der Waals surface area contributed by atoms with E-state index >= 15 is 0 Å².